The summed E-state index contributed by atoms with van der Waals surface area (Å²) >= 11 is -2.29. The van der Waals surface area contributed by atoms with Crippen molar-refractivity contribution in [3.8, 4) is 22.4 Å². The maximum Gasteiger partial charge on any atom is 0.141 e. The Morgan fingerprint density at radius 1 is 1.00 bits per heavy atom. The van der Waals surface area contributed by atoms with Gasteiger partial charge in [0.2, 0.25) is 0 Å². The standard InChI is InChI=1S/C17H16N4O2S/c18-17-11-19-16(10-20-17)13-7-5-12(6-8-13)15-4-2-1-3-14(15)9-21-24(22)23/h1-8,10-11,21H,9H2,(H2,18,20)(H,22,23)/p-1. The maximum atomic E-state index is 10.7. The van der Waals surface area contributed by atoms with Gasteiger partial charge in [0, 0.05) is 23.4 Å². The van der Waals surface area contributed by atoms with Crippen molar-refractivity contribution in [1.29, 1.82) is 0 Å². The van der Waals surface area contributed by atoms with Crippen LogP contribution < -0.4 is 10.5 Å². The minimum Gasteiger partial charge on any atom is -0.760 e. The molecular weight excluding hydrogens is 324 g/mol. The number of anilines is 1. The highest BCUT2D eigenvalue weighted by Gasteiger charge is 2.06. The molecule has 0 aliphatic rings. The van der Waals surface area contributed by atoms with Crippen LogP contribution in [-0.2, 0) is 17.8 Å². The smallest absolute Gasteiger partial charge is 0.141 e. The topological polar surface area (TPSA) is 104 Å². The number of nitrogens with one attached hydrogen (secondary N) is 1. The molecule has 0 aliphatic carbocycles. The van der Waals surface area contributed by atoms with E-state index < -0.39 is 11.3 Å². The van der Waals surface area contributed by atoms with Crippen LogP contribution in [0, 0.1) is 0 Å². The molecule has 2 aromatic carbocycles. The summed E-state index contributed by atoms with van der Waals surface area (Å²) in [6, 6.07) is 15.5. The van der Waals surface area contributed by atoms with Crippen LogP contribution in [0.15, 0.2) is 60.9 Å². The summed E-state index contributed by atoms with van der Waals surface area (Å²) in [4.78, 5) is 8.29. The first kappa shape index (κ1) is 16.3. The van der Waals surface area contributed by atoms with Gasteiger partial charge in [0.15, 0.2) is 0 Å². The van der Waals surface area contributed by atoms with E-state index in [1.165, 1.54) is 6.20 Å². The van der Waals surface area contributed by atoms with Crippen molar-refractivity contribution in [3.05, 3.63) is 66.5 Å². The van der Waals surface area contributed by atoms with Crippen LogP contribution in [0.1, 0.15) is 5.56 Å². The zero-order valence-electron chi connectivity index (χ0n) is 12.7. The molecule has 0 saturated heterocycles. The molecule has 1 heterocycles. The average Bonchev–Trinajstić information content (AvgIpc) is 2.61. The number of hydrogen-bond donors (Lipinski definition) is 2. The molecule has 1 atom stereocenters. The molecular formula is C17H15N4O2S-. The molecule has 1 unspecified atom stereocenters. The fraction of sp³-hybridized carbons (Fsp3) is 0.0588. The molecule has 1 aromatic heterocycles. The lowest BCUT2D eigenvalue weighted by Crippen LogP contribution is -2.16. The second-order valence-electron chi connectivity index (χ2n) is 5.12. The van der Waals surface area contributed by atoms with Gasteiger partial charge < -0.3 is 10.3 Å². The number of rotatable bonds is 5. The monoisotopic (exact) mass is 339 g/mol. The number of nitrogens with two attached hydrogens (primary N) is 1. The van der Waals surface area contributed by atoms with Gasteiger partial charge in [-0.3, -0.25) is 9.19 Å². The molecule has 0 bridgehead atoms. The van der Waals surface area contributed by atoms with Crippen molar-refractivity contribution in [2.24, 2.45) is 0 Å². The normalized spacial score (nSPS) is 12.0. The highest BCUT2D eigenvalue weighted by atomic mass is 32.2. The van der Waals surface area contributed by atoms with E-state index in [-0.39, 0.29) is 6.54 Å². The molecule has 0 saturated carbocycles. The van der Waals surface area contributed by atoms with E-state index >= 15 is 0 Å². The van der Waals surface area contributed by atoms with Crippen LogP contribution in [0.5, 0.6) is 0 Å². The van der Waals surface area contributed by atoms with Crippen molar-refractivity contribution in [2.45, 2.75) is 6.54 Å². The largest absolute Gasteiger partial charge is 0.760 e. The van der Waals surface area contributed by atoms with E-state index in [1.54, 1.807) is 6.20 Å². The van der Waals surface area contributed by atoms with Crippen LogP contribution in [0.4, 0.5) is 5.82 Å². The molecule has 0 amide bonds. The predicted octanol–water partition coefficient (Wildman–Crippen LogP) is 2.28. The Bertz CT molecular complexity index is 851. The molecule has 0 fully saturated rings. The van der Waals surface area contributed by atoms with E-state index in [1.807, 2.05) is 48.5 Å². The van der Waals surface area contributed by atoms with Crippen molar-refractivity contribution in [2.75, 3.05) is 5.73 Å². The Morgan fingerprint density at radius 3 is 2.38 bits per heavy atom. The van der Waals surface area contributed by atoms with E-state index in [2.05, 4.69) is 14.7 Å². The number of hydrogen-bond acceptors (Lipinski definition) is 5. The average molecular weight is 339 g/mol. The third-order valence-corrected chi connectivity index (χ3v) is 3.94. The van der Waals surface area contributed by atoms with Gasteiger partial charge in [-0.25, -0.2) is 9.71 Å². The third kappa shape index (κ3) is 3.83. The number of aromatic nitrogens is 2. The molecule has 3 N–H and O–H groups in total. The van der Waals surface area contributed by atoms with E-state index in [0.29, 0.717) is 5.82 Å². The van der Waals surface area contributed by atoms with Crippen LogP contribution in [0.2, 0.25) is 0 Å². The van der Waals surface area contributed by atoms with Crippen LogP contribution in [0.3, 0.4) is 0 Å². The van der Waals surface area contributed by atoms with E-state index in [9.17, 15) is 8.76 Å². The maximum absolute atomic E-state index is 10.7. The fourth-order valence-corrected chi connectivity index (χ4v) is 2.67. The molecule has 3 aromatic rings. The summed E-state index contributed by atoms with van der Waals surface area (Å²) in [5, 5.41) is 0. The molecule has 122 valence electrons. The molecule has 0 aliphatic heterocycles. The van der Waals surface area contributed by atoms with Crippen molar-refractivity contribution in [1.82, 2.24) is 14.7 Å². The summed E-state index contributed by atoms with van der Waals surface area (Å²) in [5.41, 5.74) is 10.1. The predicted molar refractivity (Wildman–Crippen MR) is 93.1 cm³/mol. The SMILES string of the molecule is Nc1cnc(-c2ccc(-c3ccccc3CNS(=O)[O-])cc2)cn1. The van der Waals surface area contributed by atoms with Gasteiger partial charge in [-0.1, -0.05) is 48.5 Å². The summed E-state index contributed by atoms with van der Waals surface area (Å²) < 4.78 is 23.8. The van der Waals surface area contributed by atoms with Gasteiger partial charge in [-0.2, -0.15) is 0 Å². The van der Waals surface area contributed by atoms with Gasteiger partial charge in [0.05, 0.1) is 18.1 Å². The fourth-order valence-electron chi connectivity index (χ4n) is 2.40. The minimum absolute atomic E-state index is 0.247. The Balaban J connectivity index is 1.88. The Kier molecular flexibility index (Phi) is 4.95. The van der Waals surface area contributed by atoms with Gasteiger partial charge in [0.25, 0.3) is 0 Å². The van der Waals surface area contributed by atoms with E-state index in [4.69, 9.17) is 5.73 Å². The molecule has 0 spiro atoms. The highest BCUT2D eigenvalue weighted by Crippen LogP contribution is 2.26. The van der Waals surface area contributed by atoms with Gasteiger partial charge in [-0.15, -0.1) is 0 Å². The second kappa shape index (κ2) is 7.31. The molecule has 24 heavy (non-hydrogen) atoms. The first-order valence-corrected chi connectivity index (χ1v) is 8.30. The lowest BCUT2D eigenvalue weighted by atomic mass is 9.98. The Labute approximate surface area is 142 Å². The van der Waals surface area contributed by atoms with Crippen molar-refractivity contribution >= 4 is 17.1 Å². The second-order valence-corrected chi connectivity index (χ2v) is 5.87. The van der Waals surface area contributed by atoms with Gasteiger partial charge >= 0.3 is 0 Å². The Morgan fingerprint density at radius 2 is 1.71 bits per heavy atom. The summed E-state index contributed by atoms with van der Waals surface area (Å²) in [6.07, 6.45) is 3.15. The third-order valence-electron chi connectivity index (χ3n) is 3.56. The number of nitrogen functional groups attached to an aromatic ring is 1. The summed E-state index contributed by atoms with van der Waals surface area (Å²) in [6.45, 7) is 0.247. The van der Waals surface area contributed by atoms with Crippen molar-refractivity contribution in [3.63, 3.8) is 0 Å². The molecule has 6 nitrogen and oxygen atoms in total. The summed E-state index contributed by atoms with van der Waals surface area (Å²) in [5.74, 6) is 0.382. The van der Waals surface area contributed by atoms with Crippen LogP contribution in [0.25, 0.3) is 22.4 Å². The zero-order valence-corrected chi connectivity index (χ0v) is 13.5. The lowest BCUT2D eigenvalue weighted by molar-refractivity contribution is 0.522. The summed E-state index contributed by atoms with van der Waals surface area (Å²) in [7, 11) is 0. The number of benzene rings is 2. The van der Waals surface area contributed by atoms with Crippen LogP contribution in [-0.4, -0.2) is 18.7 Å². The van der Waals surface area contributed by atoms with Gasteiger partial charge in [-0.05, 0) is 16.7 Å². The highest BCUT2D eigenvalue weighted by molar-refractivity contribution is 7.77. The quantitative estimate of drug-likeness (QED) is 0.694. The van der Waals surface area contributed by atoms with E-state index in [0.717, 1.165) is 27.9 Å². The first-order valence-electron chi connectivity index (χ1n) is 7.22. The molecule has 0 radical (unpaired) electrons. The number of nitrogens with zero attached hydrogens (tertiary/aromatic N) is 2. The molecule has 3 rings (SSSR count). The Hall–Kier alpha value is -2.61. The van der Waals surface area contributed by atoms with Gasteiger partial charge in [0.1, 0.15) is 5.82 Å². The zero-order chi connectivity index (χ0) is 16.9. The lowest BCUT2D eigenvalue weighted by Gasteiger charge is -2.12. The minimum atomic E-state index is -2.29. The van der Waals surface area contributed by atoms with Crippen LogP contribution >= 0.6 is 0 Å². The van der Waals surface area contributed by atoms with Crippen molar-refractivity contribution < 1.29 is 8.76 Å². The molecule has 7 heteroatoms. The first-order chi connectivity index (χ1) is 11.6.